The molecule has 1 aromatic rings. The lowest BCUT2D eigenvalue weighted by Crippen LogP contribution is -2.34. The summed E-state index contributed by atoms with van der Waals surface area (Å²) in [6, 6.07) is 1.99. The molecule has 0 amide bonds. The van der Waals surface area contributed by atoms with Crippen molar-refractivity contribution in [2.24, 2.45) is 0 Å². The fourth-order valence-electron chi connectivity index (χ4n) is 1.74. The maximum atomic E-state index is 13.8. The van der Waals surface area contributed by atoms with E-state index in [2.05, 4.69) is 4.74 Å². The quantitative estimate of drug-likeness (QED) is 0.740. The molecule has 0 N–H and O–H groups in total. The molecule has 0 aliphatic heterocycles. The predicted octanol–water partition coefficient (Wildman–Crippen LogP) is 1.76. The van der Waals surface area contributed by atoms with Gasteiger partial charge in [-0.05, 0) is 25.2 Å². The third kappa shape index (κ3) is 3.97. The van der Waals surface area contributed by atoms with E-state index in [1.165, 1.54) is 14.2 Å². The van der Waals surface area contributed by atoms with Crippen molar-refractivity contribution in [3.05, 3.63) is 35.4 Å². The van der Waals surface area contributed by atoms with Gasteiger partial charge in [-0.25, -0.2) is 13.6 Å². The molecule has 1 atom stereocenters. The molecule has 0 aliphatic carbocycles. The smallest absolute Gasteiger partial charge is 0.327 e. The third-order valence-electron chi connectivity index (χ3n) is 2.77. The summed E-state index contributed by atoms with van der Waals surface area (Å²) in [4.78, 5) is 13.3. The molecule has 106 valence electrons. The molecule has 0 fully saturated rings. The minimum Gasteiger partial charge on any atom is -0.468 e. The highest BCUT2D eigenvalue weighted by Crippen LogP contribution is 2.24. The van der Waals surface area contributed by atoms with Crippen LogP contribution in [0.1, 0.15) is 11.6 Å². The fourth-order valence-corrected chi connectivity index (χ4v) is 1.74. The van der Waals surface area contributed by atoms with E-state index in [4.69, 9.17) is 4.74 Å². The van der Waals surface area contributed by atoms with Crippen LogP contribution in [0.2, 0.25) is 0 Å². The molecule has 19 heavy (non-hydrogen) atoms. The van der Waals surface area contributed by atoms with Crippen LogP contribution in [0.5, 0.6) is 0 Å². The van der Waals surface area contributed by atoms with Crippen molar-refractivity contribution in [2.45, 2.75) is 6.04 Å². The molecular weight excluding hydrogens is 256 g/mol. The largest absolute Gasteiger partial charge is 0.468 e. The zero-order valence-corrected chi connectivity index (χ0v) is 11.2. The SMILES string of the molecule is COCCN(C)C(C(=O)OC)c1cc(F)ccc1F. The molecule has 0 bridgehead atoms. The van der Waals surface area contributed by atoms with Crippen molar-refractivity contribution in [3.63, 3.8) is 0 Å². The summed E-state index contributed by atoms with van der Waals surface area (Å²) in [5, 5.41) is 0. The van der Waals surface area contributed by atoms with Crippen LogP contribution in [0.25, 0.3) is 0 Å². The molecule has 0 aromatic heterocycles. The Morgan fingerprint density at radius 3 is 2.63 bits per heavy atom. The van der Waals surface area contributed by atoms with Crippen molar-refractivity contribution in [1.82, 2.24) is 4.90 Å². The maximum Gasteiger partial charge on any atom is 0.327 e. The van der Waals surface area contributed by atoms with E-state index in [0.717, 1.165) is 18.2 Å². The number of methoxy groups -OCH3 is 2. The van der Waals surface area contributed by atoms with Crippen LogP contribution >= 0.6 is 0 Å². The van der Waals surface area contributed by atoms with Gasteiger partial charge in [0.15, 0.2) is 0 Å². The summed E-state index contributed by atoms with van der Waals surface area (Å²) in [6.07, 6.45) is 0. The lowest BCUT2D eigenvalue weighted by molar-refractivity contribution is -0.147. The summed E-state index contributed by atoms with van der Waals surface area (Å²) in [5.74, 6) is -1.91. The second kappa shape index (κ2) is 7.16. The molecule has 1 aromatic carbocycles. The van der Waals surface area contributed by atoms with Gasteiger partial charge in [0.1, 0.15) is 17.7 Å². The second-order valence-electron chi connectivity index (χ2n) is 4.06. The number of hydrogen-bond donors (Lipinski definition) is 0. The monoisotopic (exact) mass is 273 g/mol. The number of carbonyl (C=O) groups excluding carboxylic acids is 1. The number of esters is 1. The van der Waals surface area contributed by atoms with Gasteiger partial charge < -0.3 is 9.47 Å². The minimum atomic E-state index is -1.00. The van der Waals surface area contributed by atoms with Gasteiger partial charge in [-0.1, -0.05) is 0 Å². The Morgan fingerprint density at radius 1 is 1.37 bits per heavy atom. The van der Waals surface area contributed by atoms with Gasteiger partial charge in [0.25, 0.3) is 0 Å². The number of benzene rings is 1. The summed E-state index contributed by atoms with van der Waals surface area (Å²) in [5.41, 5.74) is -0.0505. The molecule has 6 heteroatoms. The molecule has 0 saturated carbocycles. The Morgan fingerprint density at radius 2 is 2.05 bits per heavy atom. The topological polar surface area (TPSA) is 38.8 Å². The molecule has 1 unspecified atom stereocenters. The normalized spacial score (nSPS) is 12.5. The van der Waals surface area contributed by atoms with Crippen LogP contribution in [0.15, 0.2) is 18.2 Å². The summed E-state index contributed by atoms with van der Waals surface area (Å²) in [7, 11) is 4.34. The van der Waals surface area contributed by atoms with E-state index >= 15 is 0 Å². The van der Waals surface area contributed by atoms with Crippen molar-refractivity contribution in [3.8, 4) is 0 Å². The van der Waals surface area contributed by atoms with Crippen LogP contribution in [-0.4, -0.2) is 45.3 Å². The van der Waals surface area contributed by atoms with Crippen LogP contribution in [0, 0.1) is 11.6 Å². The second-order valence-corrected chi connectivity index (χ2v) is 4.06. The Hall–Kier alpha value is -1.53. The molecular formula is C13H17F2NO3. The summed E-state index contributed by atoms with van der Waals surface area (Å²) in [6.45, 7) is 0.743. The van der Waals surface area contributed by atoms with E-state index in [0.29, 0.717) is 13.2 Å². The van der Waals surface area contributed by atoms with Gasteiger partial charge in [-0.15, -0.1) is 0 Å². The number of likely N-dealkylation sites (N-methyl/N-ethyl adjacent to an activating group) is 1. The van der Waals surface area contributed by atoms with Crippen LogP contribution in [0.4, 0.5) is 8.78 Å². The number of ether oxygens (including phenoxy) is 2. The summed E-state index contributed by atoms with van der Waals surface area (Å²) < 4.78 is 36.6. The number of rotatable bonds is 6. The Labute approximate surface area is 110 Å². The molecule has 0 saturated heterocycles. The van der Waals surface area contributed by atoms with Crippen LogP contribution in [-0.2, 0) is 14.3 Å². The van der Waals surface area contributed by atoms with Crippen molar-refractivity contribution in [2.75, 3.05) is 34.4 Å². The molecule has 0 heterocycles. The van der Waals surface area contributed by atoms with Gasteiger partial charge >= 0.3 is 5.97 Å². The zero-order chi connectivity index (χ0) is 14.4. The molecule has 0 aliphatic rings. The van der Waals surface area contributed by atoms with E-state index < -0.39 is 23.6 Å². The average molecular weight is 273 g/mol. The van der Waals surface area contributed by atoms with Gasteiger partial charge in [0.2, 0.25) is 0 Å². The van der Waals surface area contributed by atoms with Gasteiger partial charge in [0.05, 0.1) is 13.7 Å². The van der Waals surface area contributed by atoms with E-state index in [1.54, 1.807) is 11.9 Å². The zero-order valence-electron chi connectivity index (χ0n) is 11.2. The van der Waals surface area contributed by atoms with Crippen molar-refractivity contribution < 1.29 is 23.0 Å². The van der Waals surface area contributed by atoms with E-state index in [-0.39, 0.29) is 5.56 Å². The Kier molecular flexibility index (Phi) is 5.85. The first-order valence-electron chi connectivity index (χ1n) is 5.73. The molecule has 4 nitrogen and oxygen atoms in total. The van der Waals surface area contributed by atoms with Gasteiger partial charge in [-0.3, -0.25) is 4.90 Å². The van der Waals surface area contributed by atoms with E-state index in [1.807, 2.05) is 0 Å². The highest BCUT2D eigenvalue weighted by atomic mass is 19.1. The summed E-state index contributed by atoms with van der Waals surface area (Å²) >= 11 is 0. The number of halogens is 2. The van der Waals surface area contributed by atoms with Crippen molar-refractivity contribution >= 4 is 5.97 Å². The predicted molar refractivity (Wildman–Crippen MR) is 65.6 cm³/mol. The number of carbonyl (C=O) groups is 1. The lowest BCUT2D eigenvalue weighted by atomic mass is 10.0. The number of hydrogen-bond acceptors (Lipinski definition) is 4. The van der Waals surface area contributed by atoms with Crippen LogP contribution in [0.3, 0.4) is 0 Å². The molecule has 0 radical (unpaired) electrons. The van der Waals surface area contributed by atoms with Gasteiger partial charge in [-0.2, -0.15) is 0 Å². The minimum absolute atomic E-state index is 0.0505. The molecule has 0 spiro atoms. The average Bonchev–Trinajstić information content (AvgIpc) is 2.40. The lowest BCUT2D eigenvalue weighted by Gasteiger charge is -2.26. The molecule has 1 rings (SSSR count). The third-order valence-corrected chi connectivity index (χ3v) is 2.77. The Balaban J connectivity index is 3.08. The highest BCUT2D eigenvalue weighted by molar-refractivity contribution is 5.77. The van der Waals surface area contributed by atoms with Crippen molar-refractivity contribution in [1.29, 1.82) is 0 Å². The highest BCUT2D eigenvalue weighted by Gasteiger charge is 2.28. The first-order valence-corrected chi connectivity index (χ1v) is 5.73. The first-order chi connectivity index (χ1) is 9.01. The van der Waals surface area contributed by atoms with E-state index in [9.17, 15) is 13.6 Å². The first kappa shape index (κ1) is 15.5. The van der Waals surface area contributed by atoms with Crippen LogP contribution < -0.4 is 0 Å². The fraction of sp³-hybridized carbons (Fsp3) is 0.462. The van der Waals surface area contributed by atoms with Gasteiger partial charge in [0, 0.05) is 19.2 Å². The Bertz CT molecular complexity index is 440. The maximum absolute atomic E-state index is 13.8. The standard InChI is InChI=1S/C13H17F2NO3/c1-16(6-7-18-2)12(13(17)19-3)10-8-9(14)4-5-11(10)15/h4-5,8,12H,6-7H2,1-3H3. The number of nitrogens with zero attached hydrogens (tertiary/aromatic N) is 1.